The Morgan fingerprint density at radius 3 is 2.78 bits per heavy atom. The molecule has 0 aromatic heterocycles. The molecule has 0 unspecified atom stereocenters. The van der Waals surface area contributed by atoms with Gasteiger partial charge in [-0.15, -0.1) is 0 Å². The van der Waals surface area contributed by atoms with Gasteiger partial charge in [-0.05, 0) is 19.1 Å². The number of hydrogen-bond acceptors (Lipinski definition) is 7. The van der Waals surface area contributed by atoms with Crippen LogP contribution in [0.15, 0.2) is 40.8 Å². The number of carbonyl (C=O) groups is 2. The number of nitrogens with zero attached hydrogens (tertiary/aromatic N) is 1. The van der Waals surface area contributed by atoms with Gasteiger partial charge in [0.25, 0.3) is 5.91 Å². The molecule has 0 fully saturated rings. The summed E-state index contributed by atoms with van der Waals surface area (Å²) in [5.74, 6) is -1.12. The molecule has 23 heavy (non-hydrogen) atoms. The number of esters is 1. The molecule has 1 aromatic rings. The molecule has 0 bridgehead atoms. The Bertz CT molecular complexity index is 681. The molecule has 0 saturated heterocycles. The Kier molecular flexibility index (Phi) is 5.19. The fourth-order valence-electron chi connectivity index (χ4n) is 1.96. The molecular weight excluding hydrogens is 302 g/mol. The number of carbonyl (C=O) groups excluding carboxylic acids is 2. The van der Waals surface area contributed by atoms with E-state index in [-0.39, 0.29) is 41.7 Å². The summed E-state index contributed by atoms with van der Waals surface area (Å²) in [6, 6.07) is 6.06. The Labute approximate surface area is 132 Å². The van der Waals surface area contributed by atoms with Crippen molar-refractivity contribution in [2.24, 2.45) is 5.10 Å². The van der Waals surface area contributed by atoms with Gasteiger partial charge < -0.3 is 19.9 Å². The van der Waals surface area contributed by atoms with Gasteiger partial charge >= 0.3 is 5.97 Å². The fourth-order valence-corrected chi connectivity index (χ4v) is 1.96. The SMILES string of the molecule is CCOC(=O)C1=C(NC)OC/C1=N/NC(=O)c1ccccc1O. The largest absolute Gasteiger partial charge is 0.507 e. The molecule has 122 valence electrons. The molecule has 0 saturated carbocycles. The van der Waals surface area contributed by atoms with Crippen LogP contribution in [-0.2, 0) is 14.3 Å². The highest BCUT2D eigenvalue weighted by Gasteiger charge is 2.30. The highest BCUT2D eigenvalue weighted by molar-refractivity contribution is 6.22. The number of rotatable bonds is 5. The van der Waals surface area contributed by atoms with Crippen LogP contribution in [0.4, 0.5) is 0 Å². The number of aromatic hydroxyl groups is 1. The van der Waals surface area contributed by atoms with E-state index in [4.69, 9.17) is 9.47 Å². The molecule has 1 aliphatic rings. The number of phenols is 1. The van der Waals surface area contributed by atoms with Crippen molar-refractivity contribution in [2.45, 2.75) is 6.92 Å². The van der Waals surface area contributed by atoms with Crippen LogP contribution in [0.5, 0.6) is 5.75 Å². The maximum Gasteiger partial charge on any atom is 0.345 e. The molecule has 0 radical (unpaired) electrons. The van der Waals surface area contributed by atoms with Crippen molar-refractivity contribution >= 4 is 17.6 Å². The zero-order valence-corrected chi connectivity index (χ0v) is 12.8. The normalized spacial score (nSPS) is 15.3. The van der Waals surface area contributed by atoms with Crippen LogP contribution in [0.3, 0.4) is 0 Å². The lowest BCUT2D eigenvalue weighted by Gasteiger charge is -2.05. The predicted molar refractivity (Wildman–Crippen MR) is 81.7 cm³/mol. The molecule has 8 nitrogen and oxygen atoms in total. The summed E-state index contributed by atoms with van der Waals surface area (Å²) in [6.45, 7) is 1.91. The Morgan fingerprint density at radius 1 is 1.39 bits per heavy atom. The number of amides is 1. The third-order valence-electron chi connectivity index (χ3n) is 3.02. The van der Waals surface area contributed by atoms with Gasteiger partial charge in [-0.2, -0.15) is 5.10 Å². The van der Waals surface area contributed by atoms with Gasteiger partial charge in [-0.1, -0.05) is 12.1 Å². The van der Waals surface area contributed by atoms with Crippen LogP contribution >= 0.6 is 0 Å². The van der Waals surface area contributed by atoms with Crippen LogP contribution in [0.25, 0.3) is 0 Å². The predicted octanol–water partition coefficient (Wildman–Crippen LogP) is 0.502. The lowest BCUT2D eigenvalue weighted by atomic mass is 10.2. The number of nitrogens with one attached hydrogen (secondary N) is 2. The van der Waals surface area contributed by atoms with E-state index in [1.807, 2.05) is 0 Å². The second-order valence-corrected chi connectivity index (χ2v) is 4.48. The maximum atomic E-state index is 12.0. The Hall–Kier alpha value is -3.03. The van der Waals surface area contributed by atoms with Crippen molar-refractivity contribution in [3.8, 4) is 5.75 Å². The molecular formula is C15H17N3O5. The second kappa shape index (κ2) is 7.30. The summed E-state index contributed by atoms with van der Waals surface area (Å²) in [7, 11) is 1.60. The first-order chi connectivity index (χ1) is 11.1. The van der Waals surface area contributed by atoms with E-state index in [9.17, 15) is 14.7 Å². The number of phenolic OH excluding ortho intramolecular Hbond substituents is 1. The van der Waals surface area contributed by atoms with Crippen LogP contribution in [-0.4, -0.2) is 43.0 Å². The fraction of sp³-hybridized carbons (Fsp3) is 0.267. The molecule has 2 rings (SSSR count). The Morgan fingerprint density at radius 2 is 2.13 bits per heavy atom. The van der Waals surface area contributed by atoms with Gasteiger partial charge in [0.05, 0.1) is 12.2 Å². The first-order valence-electron chi connectivity index (χ1n) is 6.95. The van der Waals surface area contributed by atoms with Crippen molar-refractivity contribution < 1.29 is 24.2 Å². The minimum atomic E-state index is -0.600. The van der Waals surface area contributed by atoms with Gasteiger partial charge in [-0.3, -0.25) is 4.79 Å². The van der Waals surface area contributed by atoms with E-state index in [1.54, 1.807) is 26.1 Å². The van der Waals surface area contributed by atoms with Crippen molar-refractivity contribution in [2.75, 3.05) is 20.3 Å². The van der Waals surface area contributed by atoms with Crippen LogP contribution in [0.1, 0.15) is 17.3 Å². The van der Waals surface area contributed by atoms with Gasteiger partial charge in [0.2, 0.25) is 5.88 Å². The average Bonchev–Trinajstić information content (AvgIpc) is 2.96. The molecule has 1 heterocycles. The van der Waals surface area contributed by atoms with Crippen molar-refractivity contribution in [3.05, 3.63) is 41.3 Å². The van der Waals surface area contributed by atoms with Crippen molar-refractivity contribution in [1.82, 2.24) is 10.7 Å². The van der Waals surface area contributed by atoms with Crippen LogP contribution < -0.4 is 10.7 Å². The zero-order valence-electron chi connectivity index (χ0n) is 12.8. The topological polar surface area (TPSA) is 109 Å². The zero-order chi connectivity index (χ0) is 16.8. The average molecular weight is 319 g/mol. The summed E-state index contributed by atoms with van der Waals surface area (Å²) in [5.41, 5.74) is 2.73. The Balaban J connectivity index is 2.19. The van der Waals surface area contributed by atoms with Crippen LogP contribution in [0, 0.1) is 0 Å². The number of para-hydroxylation sites is 1. The summed E-state index contributed by atoms with van der Waals surface area (Å²) < 4.78 is 10.2. The van der Waals surface area contributed by atoms with Gasteiger partial charge in [0, 0.05) is 7.05 Å². The molecule has 3 N–H and O–H groups in total. The van der Waals surface area contributed by atoms with E-state index >= 15 is 0 Å². The summed E-state index contributed by atoms with van der Waals surface area (Å²) >= 11 is 0. The lowest BCUT2D eigenvalue weighted by Crippen LogP contribution is -2.23. The molecule has 1 aromatic carbocycles. The molecule has 0 atom stereocenters. The standard InChI is InChI=1S/C15H17N3O5/c1-3-22-15(21)12-10(8-23-14(12)16-2)17-18-13(20)9-6-4-5-7-11(9)19/h4-7,16,19H,3,8H2,1-2H3,(H,18,20)/b17-10-. The van der Waals surface area contributed by atoms with E-state index < -0.39 is 11.9 Å². The first kappa shape index (κ1) is 16.3. The van der Waals surface area contributed by atoms with Crippen molar-refractivity contribution in [1.29, 1.82) is 0 Å². The molecule has 8 heteroatoms. The van der Waals surface area contributed by atoms with E-state index in [1.165, 1.54) is 12.1 Å². The first-order valence-corrected chi connectivity index (χ1v) is 6.95. The van der Waals surface area contributed by atoms with Gasteiger partial charge in [0.1, 0.15) is 23.6 Å². The highest BCUT2D eigenvalue weighted by Crippen LogP contribution is 2.17. The molecule has 1 amide bonds. The highest BCUT2D eigenvalue weighted by atomic mass is 16.5. The second-order valence-electron chi connectivity index (χ2n) is 4.48. The smallest absolute Gasteiger partial charge is 0.345 e. The number of ether oxygens (including phenoxy) is 2. The van der Waals surface area contributed by atoms with Gasteiger partial charge in [0.15, 0.2) is 0 Å². The van der Waals surface area contributed by atoms with Crippen molar-refractivity contribution in [3.63, 3.8) is 0 Å². The minimum absolute atomic E-state index is 0.0192. The maximum absolute atomic E-state index is 12.0. The van der Waals surface area contributed by atoms with Crippen LogP contribution in [0.2, 0.25) is 0 Å². The summed E-state index contributed by atoms with van der Waals surface area (Å²) in [6.07, 6.45) is 0. The monoisotopic (exact) mass is 319 g/mol. The van der Waals surface area contributed by atoms with E-state index in [0.29, 0.717) is 0 Å². The number of hydrogen-bond donors (Lipinski definition) is 3. The molecule has 1 aliphatic heterocycles. The molecule has 0 aliphatic carbocycles. The van der Waals surface area contributed by atoms with E-state index in [2.05, 4.69) is 15.8 Å². The number of hydrazone groups is 1. The van der Waals surface area contributed by atoms with Gasteiger partial charge in [-0.25, -0.2) is 10.2 Å². The lowest BCUT2D eigenvalue weighted by molar-refractivity contribution is -0.138. The van der Waals surface area contributed by atoms with E-state index in [0.717, 1.165) is 0 Å². The third-order valence-corrected chi connectivity index (χ3v) is 3.02. The number of benzene rings is 1. The quantitative estimate of drug-likeness (QED) is 0.539. The summed E-state index contributed by atoms with van der Waals surface area (Å²) in [4.78, 5) is 24.0. The third kappa shape index (κ3) is 3.60. The minimum Gasteiger partial charge on any atom is -0.507 e. The summed E-state index contributed by atoms with van der Waals surface area (Å²) in [5, 5.41) is 16.3. The molecule has 0 spiro atoms.